The molecule has 1 fully saturated rings. The largest absolute Gasteiger partial charge is 0.494 e. The van der Waals surface area contributed by atoms with Crippen molar-refractivity contribution in [3.8, 4) is 5.75 Å². The monoisotopic (exact) mass is 369 g/mol. The SMILES string of the molecule is NCc1ccc(OCCCCC(N)c2ccc(N3CCOCC3)cc2)cc1. The number of morpholine rings is 1. The number of ether oxygens (including phenoxy) is 2. The number of benzene rings is 2. The zero-order valence-electron chi connectivity index (χ0n) is 16.0. The van der Waals surface area contributed by atoms with Crippen LogP contribution < -0.4 is 21.1 Å². The van der Waals surface area contributed by atoms with Gasteiger partial charge in [0.1, 0.15) is 5.75 Å². The summed E-state index contributed by atoms with van der Waals surface area (Å²) in [6.07, 6.45) is 3.01. The van der Waals surface area contributed by atoms with Crippen LogP contribution in [0.15, 0.2) is 48.5 Å². The van der Waals surface area contributed by atoms with Gasteiger partial charge in [-0.15, -0.1) is 0 Å². The standard InChI is InChI=1S/C22H31N3O2/c23-17-18-4-10-21(11-5-18)27-14-2-1-3-22(24)19-6-8-20(9-7-19)25-12-15-26-16-13-25/h4-11,22H,1-3,12-17,23-24H2. The summed E-state index contributed by atoms with van der Waals surface area (Å²) < 4.78 is 11.2. The minimum atomic E-state index is 0.0765. The van der Waals surface area contributed by atoms with Crippen molar-refractivity contribution in [1.82, 2.24) is 0 Å². The molecule has 5 heteroatoms. The second kappa shape index (κ2) is 10.3. The maximum Gasteiger partial charge on any atom is 0.119 e. The van der Waals surface area contributed by atoms with E-state index in [1.807, 2.05) is 24.3 Å². The second-order valence-electron chi connectivity index (χ2n) is 6.99. The van der Waals surface area contributed by atoms with Gasteiger partial charge < -0.3 is 25.8 Å². The van der Waals surface area contributed by atoms with Crippen LogP contribution >= 0.6 is 0 Å². The molecule has 1 heterocycles. The molecule has 2 aromatic carbocycles. The van der Waals surface area contributed by atoms with Crippen molar-refractivity contribution in [3.05, 3.63) is 59.7 Å². The molecule has 0 aromatic heterocycles. The van der Waals surface area contributed by atoms with Crippen LogP contribution in [0.3, 0.4) is 0 Å². The van der Waals surface area contributed by atoms with Gasteiger partial charge in [0, 0.05) is 31.4 Å². The third-order valence-corrected chi connectivity index (χ3v) is 5.03. The van der Waals surface area contributed by atoms with Crippen LogP contribution in [0.5, 0.6) is 5.75 Å². The minimum absolute atomic E-state index is 0.0765. The third-order valence-electron chi connectivity index (χ3n) is 5.03. The van der Waals surface area contributed by atoms with Crippen molar-refractivity contribution in [2.75, 3.05) is 37.8 Å². The Hall–Kier alpha value is -2.08. The maximum absolute atomic E-state index is 6.36. The third kappa shape index (κ3) is 5.96. The second-order valence-corrected chi connectivity index (χ2v) is 6.99. The molecule has 1 unspecified atom stereocenters. The Kier molecular flexibility index (Phi) is 7.51. The van der Waals surface area contributed by atoms with E-state index in [1.54, 1.807) is 0 Å². The van der Waals surface area contributed by atoms with Gasteiger partial charge in [0.2, 0.25) is 0 Å². The molecule has 0 radical (unpaired) electrons. The van der Waals surface area contributed by atoms with Crippen LogP contribution in [0, 0.1) is 0 Å². The van der Waals surface area contributed by atoms with Gasteiger partial charge in [-0.1, -0.05) is 24.3 Å². The summed E-state index contributed by atoms with van der Waals surface area (Å²) in [5.41, 5.74) is 15.5. The molecule has 1 aliphatic rings. The molecule has 146 valence electrons. The van der Waals surface area contributed by atoms with Crippen molar-refractivity contribution < 1.29 is 9.47 Å². The number of hydrogen-bond acceptors (Lipinski definition) is 5. The highest BCUT2D eigenvalue weighted by molar-refractivity contribution is 5.48. The first-order valence-corrected chi connectivity index (χ1v) is 9.86. The molecule has 1 aliphatic heterocycles. The molecule has 5 nitrogen and oxygen atoms in total. The quantitative estimate of drug-likeness (QED) is 0.664. The molecule has 1 saturated heterocycles. The van der Waals surface area contributed by atoms with E-state index in [0.717, 1.165) is 56.9 Å². The van der Waals surface area contributed by atoms with E-state index in [-0.39, 0.29) is 6.04 Å². The van der Waals surface area contributed by atoms with E-state index in [2.05, 4.69) is 29.2 Å². The van der Waals surface area contributed by atoms with Crippen LogP contribution in [-0.4, -0.2) is 32.9 Å². The Bertz CT molecular complexity index is 667. The summed E-state index contributed by atoms with van der Waals surface area (Å²) in [5.74, 6) is 0.898. The lowest BCUT2D eigenvalue weighted by Crippen LogP contribution is -2.36. The first kappa shape index (κ1) is 19.7. The summed E-state index contributed by atoms with van der Waals surface area (Å²) in [4.78, 5) is 2.36. The zero-order chi connectivity index (χ0) is 18.9. The van der Waals surface area contributed by atoms with Crippen molar-refractivity contribution in [1.29, 1.82) is 0 Å². The van der Waals surface area contributed by atoms with Crippen LogP contribution in [0.2, 0.25) is 0 Å². The number of nitrogens with zero attached hydrogens (tertiary/aromatic N) is 1. The number of nitrogens with two attached hydrogens (primary N) is 2. The highest BCUT2D eigenvalue weighted by Gasteiger charge is 2.12. The molecule has 4 N–H and O–H groups in total. The predicted octanol–water partition coefficient (Wildman–Crippen LogP) is 3.23. The van der Waals surface area contributed by atoms with Gasteiger partial charge in [0.25, 0.3) is 0 Å². The van der Waals surface area contributed by atoms with Gasteiger partial charge in [-0.05, 0) is 54.7 Å². The van der Waals surface area contributed by atoms with Crippen LogP contribution in [0.1, 0.15) is 36.4 Å². The smallest absolute Gasteiger partial charge is 0.119 e. The lowest BCUT2D eigenvalue weighted by atomic mass is 10.0. The molecule has 0 bridgehead atoms. The van der Waals surface area contributed by atoms with Gasteiger partial charge in [0.05, 0.1) is 19.8 Å². The van der Waals surface area contributed by atoms with Gasteiger partial charge in [-0.3, -0.25) is 0 Å². The van der Waals surface area contributed by atoms with Crippen LogP contribution in [0.25, 0.3) is 0 Å². The summed E-state index contributed by atoms with van der Waals surface area (Å²) in [5, 5.41) is 0. The van der Waals surface area contributed by atoms with Crippen LogP contribution in [0.4, 0.5) is 5.69 Å². The van der Waals surface area contributed by atoms with Crippen molar-refractivity contribution >= 4 is 5.69 Å². The zero-order valence-corrected chi connectivity index (χ0v) is 16.0. The summed E-state index contributed by atoms with van der Waals surface area (Å²) in [6, 6.07) is 16.7. The molecule has 2 aromatic rings. The Morgan fingerprint density at radius 1 is 0.963 bits per heavy atom. The summed E-state index contributed by atoms with van der Waals surface area (Å²) in [6.45, 7) is 4.80. The van der Waals surface area contributed by atoms with E-state index < -0.39 is 0 Å². The van der Waals surface area contributed by atoms with E-state index in [1.165, 1.54) is 11.3 Å². The van der Waals surface area contributed by atoms with Crippen molar-refractivity contribution in [2.45, 2.75) is 31.8 Å². The molecule has 3 rings (SSSR count). The van der Waals surface area contributed by atoms with Gasteiger partial charge in [0.15, 0.2) is 0 Å². The number of anilines is 1. The van der Waals surface area contributed by atoms with Crippen LogP contribution in [-0.2, 0) is 11.3 Å². The van der Waals surface area contributed by atoms with E-state index in [4.69, 9.17) is 20.9 Å². The number of unbranched alkanes of at least 4 members (excludes halogenated alkanes) is 1. The minimum Gasteiger partial charge on any atom is -0.494 e. The lowest BCUT2D eigenvalue weighted by molar-refractivity contribution is 0.122. The molecule has 0 spiro atoms. The fourth-order valence-corrected chi connectivity index (χ4v) is 3.30. The maximum atomic E-state index is 6.36. The van der Waals surface area contributed by atoms with E-state index in [0.29, 0.717) is 13.2 Å². The average Bonchev–Trinajstić information content (AvgIpc) is 2.74. The van der Waals surface area contributed by atoms with Crippen molar-refractivity contribution in [3.63, 3.8) is 0 Å². The normalized spacial score (nSPS) is 15.6. The highest BCUT2D eigenvalue weighted by atomic mass is 16.5. The molecule has 1 atom stereocenters. The first-order valence-electron chi connectivity index (χ1n) is 9.86. The fraction of sp³-hybridized carbons (Fsp3) is 0.455. The Morgan fingerprint density at radius 2 is 1.67 bits per heavy atom. The summed E-state index contributed by atoms with van der Waals surface area (Å²) >= 11 is 0. The Labute approximate surface area is 162 Å². The van der Waals surface area contributed by atoms with Gasteiger partial charge >= 0.3 is 0 Å². The Balaban J connectivity index is 1.36. The fourth-order valence-electron chi connectivity index (χ4n) is 3.30. The molecular formula is C22H31N3O2. The Morgan fingerprint density at radius 3 is 2.33 bits per heavy atom. The number of rotatable bonds is 9. The highest BCUT2D eigenvalue weighted by Crippen LogP contribution is 2.22. The van der Waals surface area contributed by atoms with Crippen molar-refractivity contribution in [2.24, 2.45) is 11.5 Å². The van der Waals surface area contributed by atoms with Gasteiger partial charge in [-0.2, -0.15) is 0 Å². The van der Waals surface area contributed by atoms with E-state index >= 15 is 0 Å². The van der Waals surface area contributed by atoms with Gasteiger partial charge in [-0.25, -0.2) is 0 Å². The number of hydrogen-bond donors (Lipinski definition) is 2. The molecule has 0 aliphatic carbocycles. The molecule has 27 heavy (non-hydrogen) atoms. The molecule has 0 amide bonds. The lowest BCUT2D eigenvalue weighted by Gasteiger charge is -2.29. The first-order chi connectivity index (χ1) is 13.3. The molecular weight excluding hydrogens is 338 g/mol. The summed E-state index contributed by atoms with van der Waals surface area (Å²) in [7, 11) is 0. The predicted molar refractivity (Wildman–Crippen MR) is 110 cm³/mol. The molecule has 0 saturated carbocycles. The van der Waals surface area contributed by atoms with E-state index in [9.17, 15) is 0 Å². The topological polar surface area (TPSA) is 73.7 Å². The average molecular weight is 370 g/mol.